The number of pyridine rings is 1. The normalized spacial score (nSPS) is 31.5. The van der Waals surface area contributed by atoms with E-state index in [-0.39, 0.29) is 11.3 Å². The molecule has 1 aliphatic rings. The van der Waals surface area contributed by atoms with Crippen LogP contribution < -0.4 is 0 Å². The molecule has 1 unspecified atom stereocenters. The van der Waals surface area contributed by atoms with Gasteiger partial charge in [0.25, 0.3) is 0 Å². The van der Waals surface area contributed by atoms with Crippen molar-refractivity contribution in [1.82, 2.24) is 4.98 Å². The topological polar surface area (TPSA) is 120 Å². The molecule has 7 nitrogen and oxygen atoms in total. The van der Waals surface area contributed by atoms with Gasteiger partial charge in [0.2, 0.25) is 0 Å². The fourth-order valence-electron chi connectivity index (χ4n) is 1.95. The van der Waals surface area contributed by atoms with Gasteiger partial charge in [-0.15, -0.1) is 0 Å². The number of carbonyl (C=O) groups is 1. The minimum absolute atomic E-state index is 0.0347. The average Bonchev–Trinajstić information content (AvgIpc) is 2.66. The largest absolute Gasteiger partial charge is 0.478 e. The number of carboxylic acid groups (broad SMARTS) is 1. The van der Waals surface area contributed by atoms with Gasteiger partial charge in [-0.05, 0) is 12.1 Å². The molecular formula is C11H13NO6. The van der Waals surface area contributed by atoms with Gasteiger partial charge in [-0.25, -0.2) is 4.79 Å². The number of carboxylic acids is 1. The predicted octanol–water partition coefficient (Wildman–Crippen LogP) is -1.07. The molecule has 1 aromatic heterocycles. The molecule has 0 spiro atoms. The zero-order valence-electron chi connectivity index (χ0n) is 9.30. The summed E-state index contributed by atoms with van der Waals surface area (Å²) in [5.74, 6) is -1.20. The SMILES string of the molecule is O=C(O)c1cccnc1C1O[C@H](CO)[C@@H](O)[C@H]1O. The van der Waals surface area contributed by atoms with Crippen LogP contribution >= 0.6 is 0 Å². The molecule has 0 amide bonds. The van der Waals surface area contributed by atoms with E-state index in [0.717, 1.165) is 0 Å². The number of ether oxygens (including phenoxy) is 1. The Hall–Kier alpha value is -1.54. The first kappa shape index (κ1) is 12.9. The number of aliphatic hydroxyl groups excluding tert-OH is 3. The highest BCUT2D eigenvalue weighted by Crippen LogP contribution is 2.33. The van der Waals surface area contributed by atoms with E-state index in [4.69, 9.17) is 14.9 Å². The fourth-order valence-corrected chi connectivity index (χ4v) is 1.95. The summed E-state index contributed by atoms with van der Waals surface area (Å²) in [6, 6.07) is 2.79. The van der Waals surface area contributed by atoms with E-state index in [2.05, 4.69) is 4.98 Å². The first-order valence-electron chi connectivity index (χ1n) is 5.37. The number of hydrogen-bond donors (Lipinski definition) is 4. The summed E-state index contributed by atoms with van der Waals surface area (Å²) in [5, 5.41) is 37.4. The second kappa shape index (κ2) is 4.99. The molecule has 18 heavy (non-hydrogen) atoms. The number of aromatic nitrogens is 1. The van der Waals surface area contributed by atoms with Gasteiger partial charge in [-0.1, -0.05) is 0 Å². The van der Waals surface area contributed by atoms with Crippen molar-refractivity contribution >= 4 is 5.97 Å². The van der Waals surface area contributed by atoms with Crippen LogP contribution in [-0.4, -0.2) is 56.3 Å². The average molecular weight is 255 g/mol. The Kier molecular flexibility index (Phi) is 3.58. The Morgan fingerprint density at radius 3 is 2.67 bits per heavy atom. The van der Waals surface area contributed by atoms with Crippen LogP contribution in [0, 0.1) is 0 Å². The number of aromatic carboxylic acids is 1. The molecule has 2 heterocycles. The van der Waals surface area contributed by atoms with Gasteiger partial charge in [0.15, 0.2) is 0 Å². The molecule has 4 N–H and O–H groups in total. The second-order valence-corrected chi connectivity index (χ2v) is 4.00. The lowest BCUT2D eigenvalue weighted by molar-refractivity contribution is -0.0242. The van der Waals surface area contributed by atoms with Gasteiger partial charge in [0.05, 0.1) is 17.9 Å². The molecule has 1 fully saturated rings. The standard InChI is InChI=1S/C11H13NO6/c13-4-6-8(14)9(15)10(18-6)7-5(11(16)17)2-1-3-12-7/h1-3,6,8-10,13-15H,4H2,(H,16,17)/t6-,8-,9-,10?/m1/s1. The predicted molar refractivity (Wildman–Crippen MR) is 57.9 cm³/mol. The molecule has 4 atom stereocenters. The summed E-state index contributed by atoms with van der Waals surface area (Å²) in [6.45, 7) is -0.468. The number of hydrogen-bond acceptors (Lipinski definition) is 6. The van der Waals surface area contributed by atoms with E-state index in [9.17, 15) is 15.0 Å². The smallest absolute Gasteiger partial charge is 0.337 e. The molecule has 0 saturated carbocycles. The van der Waals surface area contributed by atoms with Crippen LogP contribution in [0.5, 0.6) is 0 Å². The summed E-state index contributed by atoms with van der Waals surface area (Å²) in [5.41, 5.74) is -0.0696. The van der Waals surface area contributed by atoms with Crippen LogP contribution in [0.15, 0.2) is 18.3 Å². The van der Waals surface area contributed by atoms with Crippen LogP contribution in [0.2, 0.25) is 0 Å². The molecule has 1 saturated heterocycles. The first-order chi connectivity index (χ1) is 8.56. The summed E-state index contributed by atoms with van der Waals surface area (Å²) in [4.78, 5) is 14.9. The molecule has 0 aliphatic carbocycles. The zero-order valence-corrected chi connectivity index (χ0v) is 9.30. The van der Waals surface area contributed by atoms with Gasteiger partial charge in [0.1, 0.15) is 24.4 Å². The first-order valence-corrected chi connectivity index (χ1v) is 5.37. The molecule has 98 valence electrons. The maximum Gasteiger partial charge on any atom is 0.337 e. The molecule has 7 heteroatoms. The van der Waals surface area contributed by atoms with Crippen LogP contribution in [0.3, 0.4) is 0 Å². The lowest BCUT2D eigenvalue weighted by Gasteiger charge is -2.15. The van der Waals surface area contributed by atoms with E-state index < -0.39 is 37.0 Å². The van der Waals surface area contributed by atoms with Crippen molar-refractivity contribution in [1.29, 1.82) is 0 Å². The van der Waals surface area contributed by atoms with Crippen molar-refractivity contribution in [2.45, 2.75) is 24.4 Å². The summed E-state index contributed by atoms with van der Waals surface area (Å²) in [7, 11) is 0. The van der Waals surface area contributed by atoms with Crippen LogP contribution in [-0.2, 0) is 4.74 Å². The van der Waals surface area contributed by atoms with Gasteiger partial charge in [-0.3, -0.25) is 4.98 Å². The highest BCUT2D eigenvalue weighted by molar-refractivity contribution is 5.88. The van der Waals surface area contributed by atoms with E-state index >= 15 is 0 Å². The van der Waals surface area contributed by atoms with Gasteiger partial charge < -0.3 is 25.2 Å². The van der Waals surface area contributed by atoms with Gasteiger partial charge >= 0.3 is 5.97 Å². The number of aliphatic hydroxyl groups is 3. The third-order valence-electron chi connectivity index (χ3n) is 2.88. The Morgan fingerprint density at radius 2 is 2.11 bits per heavy atom. The molecular weight excluding hydrogens is 242 g/mol. The van der Waals surface area contributed by atoms with Crippen molar-refractivity contribution in [2.24, 2.45) is 0 Å². The van der Waals surface area contributed by atoms with Gasteiger partial charge in [0, 0.05) is 6.20 Å². The lowest BCUT2D eigenvalue weighted by Crippen LogP contribution is -2.32. The Balaban J connectivity index is 2.35. The maximum atomic E-state index is 11.0. The van der Waals surface area contributed by atoms with E-state index in [1.54, 1.807) is 0 Å². The van der Waals surface area contributed by atoms with Crippen molar-refractivity contribution in [2.75, 3.05) is 6.61 Å². The molecule has 0 radical (unpaired) electrons. The highest BCUT2D eigenvalue weighted by Gasteiger charge is 2.44. The van der Waals surface area contributed by atoms with E-state index in [1.807, 2.05) is 0 Å². The molecule has 2 rings (SSSR count). The number of nitrogens with zero attached hydrogens (tertiary/aromatic N) is 1. The lowest BCUT2D eigenvalue weighted by atomic mass is 10.0. The van der Waals surface area contributed by atoms with E-state index in [1.165, 1.54) is 18.3 Å². The third kappa shape index (κ3) is 2.08. The third-order valence-corrected chi connectivity index (χ3v) is 2.88. The summed E-state index contributed by atoms with van der Waals surface area (Å²) in [6.07, 6.45) is -3.24. The Morgan fingerprint density at radius 1 is 1.39 bits per heavy atom. The monoisotopic (exact) mass is 255 g/mol. The minimum Gasteiger partial charge on any atom is -0.478 e. The molecule has 1 aliphatic heterocycles. The van der Waals surface area contributed by atoms with Crippen LogP contribution in [0.4, 0.5) is 0 Å². The van der Waals surface area contributed by atoms with E-state index in [0.29, 0.717) is 0 Å². The van der Waals surface area contributed by atoms with Crippen molar-refractivity contribution in [3.05, 3.63) is 29.6 Å². The fraction of sp³-hybridized carbons (Fsp3) is 0.455. The van der Waals surface area contributed by atoms with Crippen molar-refractivity contribution in [3.63, 3.8) is 0 Å². The maximum absolute atomic E-state index is 11.0. The van der Waals surface area contributed by atoms with Crippen LogP contribution in [0.25, 0.3) is 0 Å². The number of rotatable bonds is 3. The van der Waals surface area contributed by atoms with Gasteiger partial charge in [-0.2, -0.15) is 0 Å². The van der Waals surface area contributed by atoms with Crippen molar-refractivity contribution < 1.29 is 30.0 Å². The highest BCUT2D eigenvalue weighted by atomic mass is 16.6. The quantitative estimate of drug-likeness (QED) is 0.543. The molecule has 0 bridgehead atoms. The summed E-state index contributed by atoms with van der Waals surface area (Å²) >= 11 is 0. The Bertz CT molecular complexity index is 451. The Labute approximate surface area is 102 Å². The molecule has 1 aromatic rings. The van der Waals surface area contributed by atoms with Crippen molar-refractivity contribution in [3.8, 4) is 0 Å². The van der Waals surface area contributed by atoms with Crippen LogP contribution in [0.1, 0.15) is 22.2 Å². The summed E-state index contributed by atoms with van der Waals surface area (Å²) < 4.78 is 5.24. The zero-order chi connectivity index (χ0) is 13.3. The second-order valence-electron chi connectivity index (χ2n) is 4.00. The molecule has 0 aromatic carbocycles. The minimum atomic E-state index is -1.32.